The van der Waals surface area contributed by atoms with E-state index in [9.17, 15) is 4.39 Å². The van der Waals surface area contributed by atoms with Gasteiger partial charge in [-0.05, 0) is 12.5 Å². The second-order valence-corrected chi connectivity index (χ2v) is 6.29. The molecule has 25 heavy (non-hydrogen) atoms. The molecular weight excluding hydrogens is 345 g/mol. The van der Waals surface area contributed by atoms with E-state index in [0.29, 0.717) is 17.4 Å². The molecule has 1 fully saturated rings. The second kappa shape index (κ2) is 7.78. The van der Waals surface area contributed by atoms with E-state index in [1.54, 1.807) is 14.2 Å². The SMILES string of the molecule is COc1cc(OC)cc(N2CCCN(c3ncc(Cl)cc3F)CC2)c1. The average molecular weight is 366 g/mol. The van der Waals surface area contributed by atoms with Crippen LogP contribution in [0.15, 0.2) is 30.5 Å². The summed E-state index contributed by atoms with van der Waals surface area (Å²) in [4.78, 5) is 8.37. The van der Waals surface area contributed by atoms with Gasteiger partial charge in [-0.2, -0.15) is 0 Å². The minimum atomic E-state index is -0.385. The average Bonchev–Trinajstić information content (AvgIpc) is 2.87. The number of benzene rings is 1. The molecule has 1 aromatic heterocycles. The Bertz CT molecular complexity index is 722. The quantitative estimate of drug-likeness (QED) is 0.827. The summed E-state index contributed by atoms with van der Waals surface area (Å²) < 4.78 is 24.8. The molecule has 1 aliphatic rings. The third-order valence-electron chi connectivity index (χ3n) is 4.29. The number of anilines is 2. The molecule has 0 aliphatic carbocycles. The van der Waals surface area contributed by atoms with Gasteiger partial charge in [-0.1, -0.05) is 11.6 Å². The highest BCUT2D eigenvalue weighted by molar-refractivity contribution is 6.30. The Labute approximate surface area is 151 Å². The summed E-state index contributed by atoms with van der Waals surface area (Å²) >= 11 is 5.80. The smallest absolute Gasteiger partial charge is 0.167 e. The fourth-order valence-electron chi connectivity index (χ4n) is 3.00. The number of hydrogen-bond acceptors (Lipinski definition) is 5. The van der Waals surface area contributed by atoms with E-state index in [0.717, 1.165) is 43.2 Å². The van der Waals surface area contributed by atoms with Crippen molar-refractivity contribution in [2.75, 3.05) is 50.2 Å². The standard InChI is InChI=1S/C18H21ClFN3O2/c1-24-15-9-14(10-16(11-15)25-2)22-4-3-5-23(7-6-22)18-17(20)8-13(19)12-21-18/h8-12H,3-7H2,1-2H3. The number of nitrogens with zero attached hydrogens (tertiary/aromatic N) is 3. The van der Waals surface area contributed by atoms with E-state index in [1.807, 2.05) is 23.1 Å². The topological polar surface area (TPSA) is 37.8 Å². The normalized spacial score (nSPS) is 15.0. The fourth-order valence-corrected chi connectivity index (χ4v) is 3.15. The summed E-state index contributed by atoms with van der Waals surface area (Å²) in [6.07, 6.45) is 2.37. The predicted molar refractivity (Wildman–Crippen MR) is 97.8 cm³/mol. The van der Waals surface area contributed by atoms with Gasteiger partial charge in [0.05, 0.1) is 19.2 Å². The zero-order valence-corrected chi connectivity index (χ0v) is 15.1. The molecule has 3 rings (SSSR count). The Balaban J connectivity index is 1.77. The van der Waals surface area contributed by atoms with Crippen molar-refractivity contribution >= 4 is 23.1 Å². The summed E-state index contributed by atoms with van der Waals surface area (Å²) in [7, 11) is 3.27. The van der Waals surface area contributed by atoms with E-state index in [2.05, 4.69) is 9.88 Å². The van der Waals surface area contributed by atoms with Crippen molar-refractivity contribution in [1.29, 1.82) is 0 Å². The summed E-state index contributed by atoms with van der Waals surface area (Å²) in [5.74, 6) is 1.47. The molecule has 0 amide bonds. The number of hydrogen-bond donors (Lipinski definition) is 0. The highest BCUT2D eigenvalue weighted by Gasteiger charge is 2.20. The predicted octanol–water partition coefficient (Wildman–Crippen LogP) is 3.61. The molecule has 1 saturated heterocycles. The van der Waals surface area contributed by atoms with Gasteiger partial charge in [-0.25, -0.2) is 9.37 Å². The van der Waals surface area contributed by atoms with Crippen LogP contribution in [-0.4, -0.2) is 45.4 Å². The fraction of sp³-hybridized carbons (Fsp3) is 0.389. The molecule has 1 aliphatic heterocycles. The van der Waals surface area contributed by atoms with Crippen LogP contribution < -0.4 is 19.3 Å². The van der Waals surface area contributed by atoms with Crippen molar-refractivity contribution in [3.63, 3.8) is 0 Å². The monoisotopic (exact) mass is 365 g/mol. The third kappa shape index (κ3) is 4.07. The second-order valence-electron chi connectivity index (χ2n) is 5.86. The van der Waals surface area contributed by atoms with Gasteiger partial charge in [0, 0.05) is 56.3 Å². The molecular formula is C18H21ClFN3O2. The Morgan fingerprint density at radius 3 is 2.24 bits per heavy atom. The van der Waals surface area contributed by atoms with Crippen LogP contribution in [0.25, 0.3) is 0 Å². The van der Waals surface area contributed by atoms with Crippen molar-refractivity contribution in [2.45, 2.75) is 6.42 Å². The molecule has 0 bridgehead atoms. The van der Waals surface area contributed by atoms with E-state index < -0.39 is 0 Å². The first-order valence-electron chi connectivity index (χ1n) is 8.14. The maximum Gasteiger partial charge on any atom is 0.167 e. The summed E-state index contributed by atoms with van der Waals surface area (Å²) in [6, 6.07) is 7.12. The molecule has 0 N–H and O–H groups in total. The molecule has 0 unspecified atom stereocenters. The van der Waals surface area contributed by atoms with Gasteiger partial charge in [0.1, 0.15) is 11.5 Å². The number of ether oxygens (including phenoxy) is 2. The maximum absolute atomic E-state index is 14.1. The molecule has 0 saturated carbocycles. The Morgan fingerprint density at radius 2 is 1.60 bits per heavy atom. The van der Waals surface area contributed by atoms with Crippen molar-refractivity contribution in [1.82, 2.24) is 4.98 Å². The van der Waals surface area contributed by atoms with Gasteiger partial charge >= 0.3 is 0 Å². The van der Waals surface area contributed by atoms with Crippen LogP contribution in [0.1, 0.15) is 6.42 Å². The van der Waals surface area contributed by atoms with Gasteiger partial charge in [0.25, 0.3) is 0 Å². The van der Waals surface area contributed by atoms with Crippen LogP contribution in [-0.2, 0) is 0 Å². The van der Waals surface area contributed by atoms with Gasteiger partial charge < -0.3 is 19.3 Å². The van der Waals surface area contributed by atoms with Crippen LogP contribution in [0, 0.1) is 5.82 Å². The number of halogens is 2. The molecule has 1 aromatic carbocycles. The van der Waals surface area contributed by atoms with Crippen molar-refractivity contribution in [3.8, 4) is 11.5 Å². The minimum Gasteiger partial charge on any atom is -0.497 e. The first-order chi connectivity index (χ1) is 12.1. The first-order valence-corrected chi connectivity index (χ1v) is 8.52. The molecule has 2 heterocycles. The molecule has 5 nitrogen and oxygen atoms in total. The van der Waals surface area contributed by atoms with Crippen LogP contribution in [0.4, 0.5) is 15.9 Å². The van der Waals surface area contributed by atoms with Crippen LogP contribution in [0.5, 0.6) is 11.5 Å². The summed E-state index contributed by atoms with van der Waals surface area (Å²) in [5.41, 5.74) is 1.03. The Kier molecular flexibility index (Phi) is 5.48. The van der Waals surface area contributed by atoms with Gasteiger partial charge in [0.15, 0.2) is 11.6 Å². The van der Waals surface area contributed by atoms with Gasteiger partial charge in [-0.15, -0.1) is 0 Å². The van der Waals surface area contributed by atoms with Crippen LogP contribution in [0.3, 0.4) is 0 Å². The number of rotatable bonds is 4. The number of pyridine rings is 1. The van der Waals surface area contributed by atoms with Gasteiger partial charge in [-0.3, -0.25) is 0 Å². The van der Waals surface area contributed by atoms with Crippen molar-refractivity contribution in [3.05, 3.63) is 41.3 Å². The van der Waals surface area contributed by atoms with Crippen LogP contribution in [0.2, 0.25) is 5.02 Å². The first kappa shape index (κ1) is 17.6. The number of aromatic nitrogens is 1. The largest absolute Gasteiger partial charge is 0.497 e. The van der Waals surface area contributed by atoms with Gasteiger partial charge in [0.2, 0.25) is 0 Å². The number of methoxy groups -OCH3 is 2. The zero-order chi connectivity index (χ0) is 17.8. The molecule has 2 aromatic rings. The van der Waals surface area contributed by atoms with E-state index in [-0.39, 0.29) is 5.82 Å². The lowest BCUT2D eigenvalue weighted by molar-refractivity contribution is 0.394. The lowest BCUT2D eigenvalue weighted by Crippen LogP contribution is -2.31. The van der Waals surface area contributed by atoms with Crippen molar-refractivity contribution < 1.29 is 13.9 Å². The maximum atomic E-state index is 14.1. The molecule has 0 atom stereocenters. The van der Waals surface area contributed by atoms with E-state index >= 15 is 0 Å². The lowest BCUT2D eigenvalue weighted by Gasteiger charge is -2.25. The summed E-state index contributed by atoms with van der Waals surface area (Å²) in [5, 5.41) is 0.307. The third-order valence-corrected chi connectivity index (χ3v) is 4.49. The molecule has 0 radical (unpaired) electrons. The summed E-state index contributed by atoms with van der Waals surface area (Å²) in [6.45, 7) is 3.02. The van der Waals surface area contributed by atoms with Crippen molar-refractivity contribution in [2.24, 2.45) is 0 Å². The van der Waals surface area contributed by atoms with Crippen LogP contribution >= 0.6 is 11.6 Å². The highest BCUT2D eigenvalue weighted by Crippen LogP contribution is 2.29. The highest BCUT2D eigenvalue weighted by atomic mass is 35.5. The minimum absolute atomic E-state index is 0.307. The zero-order valence-electron chi connectivity index (χ0n) is 14.3. The van der Waals surface area contributed by atoms with E-state index in [4.69, 9.17) is 21.1 Å². The molecule has 134 valence electrons. The lowest BCUT2D eigenvalue weighted by atomic mass is 10.2. The Hall–Kier alpha value is -2.21. The molecule has 0 spiro atoms. The molecule has 7 heteroatoms. The van der Waals surface area contributed by atoms with E-state index in [1.165, 1.54) is 12.3 Å². The Morgan fingerprint density at radius 1 is 0.960 bits per heavy atom.